The number of hydrogen-bond donors (Lipinski definition) is 1. The molecular weight excluding hydrogens is 150 g/mol. The fourth-order valence-electron chi connectivity index (χ4n) is 2.69. The van der Waals surface area contributed by atoms with Crippen LogP contribution in [0.25, 0.3) is 0 Å². The fourth-order valence-corrected chi connectivity index (χ4v) is 2.69. The molecule has 2 N–H and O–H groups in total. The number of nitrogens with two attached hydrogens (primary N) is 1. The highest BCUT2D eigenvalue weighted by Crippen LogP contribution is 2.55. The van der Waals surface area contributed by atoms with Crippen LogP contribution >= 0.6 is 0 Å². The summed E-state index contributed by atoms with van der Waals surface area (Å²) in [5, 5.41) is 0. The third-order valence-corrected chi connectivity index (χ3v) is 3.62. The van der Waals surface area contributed by atoms with Crippen LogP contribution in [0.15, 0.2) is 12.7 Å². The molecule has 0 saturated carbocycles. The molecule has 68 valence electrons. The van der Waals surface area contributed by atoms with Gasteiger partial charge >= 0.3 is 0 Å². The molecule has 2 saturated heterocycles. The second kappa shape index (κ2) is 1.94. The van der Waals surface area contributed by atoms with E-state index in [1.54, 1.807) is 0 Å². The molecule has 2 aliphatic heterocycles. The quantitative estimate of drug-likeness (QED) is 0.602. The lowest BCUT2D eigenvalue weighted by atomic mass is 9.70. The zero-order chi connectivity index (χ0) is 9.04. The van der Waals surface area contributed by atoms with Crippen molar-refractivity contribution >= 4 is 0 Å². The van der Waals surface area contributed by atoms with Crippen LogP contribution in [0, 0.1) is 0 Å². The first kappa shape index (κ1) is 8.27. The summed E-state index contributed by atoms with van der Waals surface area (Å²) < 4.78 is 5.96. The third kappa shape index (κ3) is 0.771. The molecule has 0 amide bonds. The van der Waals surface area contributed by atoms with E-state index in [1.807, 2.05) is 6.08 Å². The summed E-state index contributed by atoms with van der Waals surface area (Å²) >= 11 is 0. The molecule has 0 aromatic rings. The molecule has 3 atom stereocenters. The van der Waals surface area contributed by atoms with Gasteiger partial charge in [0.15, 0.2) is 0 Å². The summed E-state index contributed by atoms with van der Waals surface area (Å²) in [5.74, 6) is 0. The molecule has 2 fully saturated rings. The Morgan fingerprint density at radius 3 is 2.33 bits per heavy atom. The van der Waals surface area contributed by atoms with Crippen LogP contribution in [-0.2, 0) is 4.74 Å². The summed E-state index contributed by atoms with van der Waals surface area (Å²) in [5.41, 5.74) is 5.76. The Morgan fingerprint density at radius 2 is 2.08 bits per heavy atom. The van der Waals surface area contributed by atoms with Crippen molar-refractivity contribution in [2.45, 2.75) is 49.9 Å². The van der Waals surface area contributed by atoms with Gasteiger partial charge in [-0.05, 0) is 26.7 Å². The van der Waals surface area contributed by atoms with E-state index < -0.39 is 0 Å². The average molecular weight is 167 g/mol. The molecule has 0 spiro atoms. The molecule has 3 unspecified atom stereocenters. The lowest BCUT2D eigenvalue weighted by Gasteiger charge is -2.36. The van der Waals surface area contributed by atoms with E-state index in [2.05, 4.69) is 20.4 Å². The van der Waals surface area contributed by atoms with Gasteiger partial charge in [0.25, 0.3) is 0 Å². The van der Waals surface area contributed by atoms with Gasteiger partial charge in [-0.15, -0.1) is 6.58 Å². The van der Waals surface area contributed by atoms with Crippen LogP contribution in [0.5, 0.6) is 0 Å². The van der Waals surface area contributed by atoms with Crippen LogP contribution in [0.1, 0.15) is 33.1 Å². The van der Waals surface area contributed by atoms with Crippen molar-refractivity contribution < 1.29 is 4.74 Å². The Hall–Kier alpha value is -0.340. The predicted molar refractivity (Wildman–Crippen MR) is 48.9 cm³/mol. The molecule has 12 heavy (non-hydrogen) atoms. The van der Waals surface area contributed by atoms with Crippen molar-refractivity contribution in [2.75, 3.05) is 0 Å². The van der Waals surface area contributed by atoms with Crippen molar-refractivity contribution in [3.63, 3.8) is 0 Å². The molecule has 0 aromatic heterocycles. The highest BCUT2D eigenvalue weighted by molar-refractivity contribution is 5.24. The first-order valence-corrected chi connectivity index (χ1v) is 4.56. The monoisotopic (exact) mass is 167 g/mol. The Morgan fingerprint density at radius 1 is 1.42 bits per heavy atom. The molecule has 0 aliphatic carbocycles. The molecule has 2 rings (SSSR count). The molecule has 2 heterocycles. The normalized spacial score (nSPS) is 57.6. The van der Waals surface area contributed by atoms with Gasteiger partial charge in [0.1, 0.15) is 0 Å². The van der Waals surface area contributed by atoms with Crippen molar-refractivity contribution in [2.24, 2.45) is 5.73 Å². The van der Waals surface area contributed by atoms with Crippen LogP contribution in [0.3, 0.4) is 0 Å². The lowest BCUT2D eigenvalue weighted by Crippen LogP contribution is -2.54. The van der Waals surface area contributed by atoms with Gasteiger partial charge < -0.3 is 10.5 Å². The van der Waals surface area contributed by atoms with Crippen LogP contribution in [0.4, 0.5) is 0 Å². The SMILES string of the molecule is C=CC1(N)CC2(C)CCC1(C)O2. The van der Waals surface area contributed by atoms with Gasteiger partial charge in [0, 0.05) is 6.42 Å². The van der Waals surface area contributed by atoms with E-state index >= 15 is 0 Å². The first-order chi connectivity index (χ1) is 5.43. The second-order valence-corrected chi connectivity index (χ2v) is 4.70. The average Bonchev–Trinajstić information content (AvgIpc) is 2.36. The standard InChI is InChI=1S/C10H17NO/c1-4-10(11)7-8(2)5-6-9(10,3)12-8/h4H,1,5-7,11H2,2-3H3. The Bertz CT molecular complexity index is 240. The molecule has 0 radical (unpaired) electrons. The number of hydrogen-bond acceptors (Lipinski definition) is 2. The molecule has 0 aromatic carbocycles. The third-order valence-electron chi connectivity index (χ3n) is 3.62. The van der Waals surface area contributed by atoms with Gasteiger partial charge in [0.05, 0.1) is 16.7 Å². The Balaban J connectivity index is 2.39. The van der Waals surface area contributed by atoms with Gasteiger partial charge in [0.2, 0.25) is 0 Å². The maximum absolute atomic E-state index is 6.22. The highest BCUT2D eigenvalue weighted by atomic mass is 16.5. The topological polar surface area (TPSA) is 35.2 Å². The van der Waals surface area contributed by atoms with Gasteiger partial charge in [-0.3, -0.25) is 0 Å². The van der Waals surface area contributed by atoms with Gasteiger partial charge in [-0.25, -0.2) is 0 Å². The Kier molecular flexibility index (Phi) is 1.33. The molecule has 2 heteroatoms. The van der Waals surface area contributed by atoms with Crippen LogP contribution in [-0.4, -0.2) is 16.7 Å². The summed E-state index contributed by atoms with van der Waals surface area (Å²) in [6, 6.07) is 0. The molecule has 2 nitrogen and oxygen atoms in total. The molecular formula is C10H17NO. The predicted octanol–water partition coefficient (Wildman–Crippen LogP) is 1.60. The van der Waals surface area contributed by atoms with E-state index in [1.165, 1.54) is 0 Å². The van der Waals surface area contributed by atoms with Gasteiger partial charge in [-0.2, -0.15) is 0 Å². The molecule has 2 bridgehead atoms. The zero-order valence-corrected chi connectivity index (χ0v) is 7.89. The minimum atomic E-state index is -0.306. The van der Waals surface area contributed by atoms with E-state index in [4.69, 9.17) is 10.5 Å². The summed E-state index contributed by atoms with van der Waals surface area (Å²) in [4.78, 5) is 0. The second-order valence-electron chi connectivity index (χ2n) is 4.70. The van der Waals surface area contributed by atoms with Crippen molar-refractivity contribution in [1.82, 2.24) is 0 Å². The highest BCUT2D eigenvalue weighted by Gasteiger charge is 2.62. The number of fused-ring (bicyclic) bond motifs is 2. The van der Waals surface area contributed by atoms with Crippen LogP contribution in [0.2, 0.25) is 0 Å². The minimum absolute atomic E-state index is 0.0116. The first-order valence-electron chi connectivity index (χ1n) is 4.56. The fraction of sp³-hybridized carbons (Fsp3) is 0.800. The smallest absolute Gasteiger partial charge is 0.0878 e. The zero-order valence-electron chi connectivity index (χ0n) is 7.89. The van der Waals surface area contributed by atoms with E-state index in [-0.39, 0.29) is 16.7 Å². The van der Waals surface area contributed by atoms with Crippen LogP contribution < -0.4 is 5.73 Å². The summed E-state index contributed by atoms with van der Waals surface area (Å²) in [6.45, 7) is 8.06. The largest absolute Gasteiger partial charge is 0.367 e. The summed E-state index contributed by atoms with van der Waals surface area (Å²) in [7, 11) is 0. The minimum Gasteiger partial charge on any atom is -0.367 e. The van der Waals surface area contributed by atoms with Crippen molar-refractivity contribution in [1.29, 1.82) is 0 Å². The summed E-state index contributed by atoms with van der Waals surface area (Å²) in [6.07, 6.45) is 4.97. The van der Waals surface area contributed by atoms with Crippen molar-refractivity contribution in [3.8, 4) is 0 Å². The lowest BCUT2D eigenvalue weighted by molar-refractivity contribution is -0.0368. The van der Waals surface area contributed by atoms with E-state index in [9.17, 15) is 0 Å². The van der Waals surface area contributed by atoms with Gasteiger partial charge in [-0.1, -0.05) is 6.08 Å². The van der Waals surface area contributed by atoms with E-state index in [0.29, 0.717) is 0 Å². The maximum atomic E-state index is 6.22. The maximum Gasteiger partial charge on any atom is 0.0878 e. The number of rotatable bonds is 1. The molecule has 2 aliphatic rings. The van der Waals surface area contributed by atoms with E-state index in [0.717, 1.165) is 19.3 Å². The number of ether oxygens (including phenoxy) is 1. The Labute approximate surface area is 73.8 Å². The van der Waals surface area contributed by atoms with Crippen molar-refractivity contribution in [3.05, 3.63) is 12.7 Å².